The third-order valence-electron chi connectivity index (χ3n) is 4.31. The molecule has 2 aromatic carbocycles. The molecule has 0 aliphatic carbocycles. The Hall–Kier alpha value is -2.80. The third-order valence-corrected chi connectivity index (χ3v) is 5.03. The van der Waals surface area contributed by atoms with E-state index in [9.17, 15) is 9.59 Å². The highest BCUT2D eigenvalue weighted by Gasteiger charge is 2.14. The Morgan fingerprint density at radius 1 is 1.11 bits per heavy atom. The number of thioether (sulfide) groups is 1. The molecule has 3 rings (SSSR count). The summed E-state index contributed by atoms with van der Waals surface area (Å²) in [5, 5.41) is 5.83. The van der Waals surface area contributed by atoms with Gasteiger partial charge in [-0.3, -0.25) is 9.59 Å². The number of nitrogens with one attached hydrogen (secondary N) is 2. The van der Waals surface area contributed by atoms with Gasteiger partial charge < -0.3 is 15.2 Å². The Morgan fingerprint density at radius 3 is 2.71 bits per heavy atom. The summed E-state index contributed by atoms with van der Waals surface area (Å²) in [7, 11) is 0. The first-order chi connectivity index (χ1) is 13.6. The van der Waals surface area contributed by atoms with E-state index in [1.54, 1.807) is 11.8 Å². The number of hydrogen-bond donors (Lipinski definition) is 2. The van der Waals surface area contributed by atoms with Crippen LogP contribution in [-0.4, -0.2) is 27.6 Å². The van der Waals surface area contributed by atoms with Gasteiger partial charge in [-0.25, -0.2) is 4.98 Å². The zero-order valence-corrected chi connectivity index (χ0v) is 16.9. The van der Waals surface area contributed by atoms with E-state index < -0.39 is 0 Å². The van der Waals surface area contributed by atoms with Crippen LogP contribution < -0.4 is 10.6 Å². The molecule has 28 heavy (non-hydrogen) atoms. The summed E-state index contributed by atoms with van der Waals surface area (Å²) in [6.45, 7) is 2.39. The second-order valence-corrected chi connectivity index (χ2v) is 7.29. The molecule has 0 atom stereocenters. The number of rotatable bonds is 8. The van der Waals surface area contributed by atoms with Crippen molar-refractivity contribution in [1.29, 1.82) is 0 Å². The number of hydrogen-bond acceptors (Lipinski definition) is 4. The van der Waals surface area contributed by atoms with E-state index in [0.717, 1.165) is 28.0 Å². The lowest BCUT2D eigenvalue weighted by Gasteiger charge is -2.11. The van der Waals surface area contributed by atoms with Crippen molar-refractivity contribution in [3.63, 3.8) is 0 Å². The summed E-state index contributed by atoms with van der Waals surface area (Å²) in [5.74, 6) is 0.514. The van der Waals surface area contributed by atoms with Crippen molar-refractivity contribution in [3.05, 3.63) is 54.4 Å². The molecule has 1 aromatic heterocycles. The van der Waals surface area contributed by atoms with Gasteiger partial charge in [-0.1, -0.05) is 25.1 Å². The molecule has 0 spiro atoms. The van der Waals surface area contributed by atoms with Crippen LogP contribution in [0.3, 0.4) is 0 Å². The van der Waals surface area contributed by atoms with Gasteiger partial charge >= 0.3 is 0 Å². The van der Waals surface area contributed by atoms with E-state index in [0.29, 0.717) is 18.8 Å². The van der Waals surface area contributed by atoms with Crippen LogP contribution >= 0.6 is 11.8 Å². The number of benzene rings is 2. The van der Waals surface area contributed by atoms with Gasteiger partial charge in [0.2, 0.25) is 11.8 Å². The maximum Gasteiger partial charge on any atom is 0.244 e. The fourth-order valence-corrected chi connectivity index (χ4v) is 3.43. The number of para-hydroxylation sites is 2. The Morgan fingerprint density at radius 2 is 1.93 bits per heavy atom. The Kier molecular flexibility index (Phi) is 6.71. The molecule has 0 aliphatic heterocycles. The number of imidazole rings is 1. The van der Waals surface area contributed by atoms with Gasteiger partial charge in [-0.05, 0) is 43.0 Å². The van der Waals surface area contributed by atoms with Crippen LogP contribution in [0.1, 0.15) is 25.6 Å². The zero-order valence-electron chi connectivity index (χ0n) is 16.1. The van der Waals surface area contributed by atoms with E-state index in [4.69, 9.17) is 0 Å². The zero-order chi connectivity index (χ0) is 19.9. The molecule has 0 fully saturated rings. The van der Waals surface area contributed by atoms with Crippen molar-refractivity contribution >= 4 is 40.3 Å². The smallest absolute Gasteiger partial charge is 0.244 e. The molecule has 6 nitrogen and oxygen atoms in total. The molecule has 3 aromatic rings. The fraction of sp³-hybridized carbons (Fsp3) is 0.286. The van der Waals surface area contributed by atoms with Crippen molar-refractivity contribution in [3.8, 4) is 0 Å². The lowest BCUT2D eigenvalue weighted by molar-refractivity contribution is -0.121. The molecule has 0 bridgehead atoms. The maximum absolute atomic E-state index is 12.7. The Balaban J connectivity index is 1.79. The third kappa shape index (κ3) is 4.92. The number of fused-ring (bicyclic) bond motifs is 1. The van der Waals surface area contributed by atoms with Crippen molar-refractivity contribution in [2.24, 2.45) is 0 Å². The minimum Gasteiger partial charge on any atom is -0.349 e. The first-order valence-corrected chi connectivity index (χ1v) is 10.5. The van der Waals surface area contributed by atoms with Crippen LogP contribution in [0.15, 0.2) is 53.4 Å². The van der Waals surface area contributed by atoms with Gasteiger partial charge in [0.25, 0.3) is 0 Å². The summed E-state index contributed by atoms with van der Waals surface area (Å²) in [6, 6.07) is 15.4. The highest BCUT2D eigenvalue weighted by molar-refractivity contribution is 7.98. The van der Waals surface area contributed by atoms with E-state index in [-0.39, 0.29) is 18.4 Å². The molecule has 0 saturated carbocycles. The molecular weight excluding hydrogens is 372 g/mol. The van der Waals surface area contributed by atoms with Gasteiger partial charge in [0.05, 0.1) is 17.6 Å². The molecule has 2 amide bonds. The normalized spacial score (nSPS) is 10.8. The van der Waals surface area contributed by atoms with E-state index in [1.165, 1.54) is 0 Å². The fourth-order valence-electron chi connectivity index (χ4n) is 2.97. The Bertz CT molecular complexity index is 983. The second-order valence-electron chi connectivity index (χ2n) is 6.41. The van der Waals surface area contributed by atoms with E-state index in [2.05, 4.69) is 15.6 Å². The standard InChI is InChI=1S/C21H24N4O2S/c1-3-7-20(26)22-13-19-24-17-10-4-5-11-18(17)25(19)14-21(27)23-15-8-6-9-16(12-15)28-2/h4-6,8-12H,3,7,13-14H2,1-2H3,(H,22,26)(H,23,27). The molecule has 0 radical (unpaired) electrons. The first-order valence-electron chi connectivity index (χ1n) is 9.25. The minimum absolute atomic E-state index is 0.0144. The SMILES string of the molecule is CCCC(=O)NCc1nc2ccccc2n1CC(=O)Nc1cccc(SC)c1. The molecule has 2 N–H and O–H groups in total. The highest BCUT2D eigenvalue weighted by Crippen LogP contribution is 2.20. The molecule has 1 heterocycles. The van der Waals surface area contributed by atoms with Crippen molar-refractivity contribution in [1.82, 2.24) is 14.9 Å². The summed E-state index contributed by atoms with van der Waals surface area (Å²) >= 11 is 1.63. The van der Waals surface area contributed by atoms with Crippen LogP contribution in [0.5, 0.6) is 0 Å². The van der Waals surface area contributed by atoms with Gasteiger partial charge in [-0.15, -0.1) is 11.8 Å². The Labute approximate surface area is 168 Å². The van der Waals surface area contributed by atoms with Gasteiger partial charge in [0.15, 0.2) is 0 Å². The molecule has 146 valence electrons. The molecule has 0 saturated heterocycles. The number of aromatic nitrogens is 2. The van der Waals surface area contributed by atoms with Gasteiger partial charge in [-0.2, -0.15) is 0 Å². The van der Waals surface area contributed by atoms with Crippen LogP contribution in [0.4, 0.5) is 5.69 Å². The number of amides is 2. The van der Waals surface area contributed by atoms with Gasteiger partial charge in [0, 0.05) is 17.0 Å². The van der Waals surface area contributed by atoms with Crippen LogP contribution in [-0.2, 0) is 22.7 Å². The summed E-state index contributed by atoms with van der Waals surface area (Å²) in [4.78, 5) is 30.2. The number of carbonyl (C=O) groups excluding carboxylic acids is 2. The predicted octanol–water partition coefficient (Wildman–Crippen LogP) is 3.81. The number of nitrogens with zero attached hydrogens (tertiary/aromatic N) is 2. The van der Waals surface area contributed by atoms with Crippen molar-refractivity contribution in [2.75, 3.05) is 11.6 Å². The molecular formula is C21H24N4O2S. The summed E-state index contributed by atoms with van der Waals surface area (Å²) in [5.41, 5.74) is 2.44. The molecule has 0 aliphatic rings. The predicted molar refractivity (Wildman–Crippen MR) is 113 cm³/mol. The average Bonchev–Trinajstić information content (AvgIpc) is 3.04. The lowest BCUT2D eigenvalue weighted by atomic mass is 10.3. The van der Waals surface area contributed by atoms with Crippen LogP contribution in [0, 0.1) is 0 Å². The summed E-state index contributed by atoms with van der Waals surface area (Å²) < 4.78 is 1.86. The number of carbonyl (C=O) groups is 2. The first kappa shape index (κ1) is 19.9. The molecule has 0 unspecified atom stereocenters. The highest BCUT2D eigenvalue weighted by atomic mass is 32.2. The second kappa shape index (κ2) is 9.41. The number of anilines is 1. The molecule has 7 heteroatoms. The maximum atomic E-state index is 12.7. The van der Waals surface area contributed by atoms with Crippen LogP contribution in [0.25, 0.3) is 11.0 Å². The van der Waals surface area contributed by atoms with Crippen molar-refractivity contribution < 1.29 is 9.59 Å². The topological polar surface area (TPSA) is 76.0 Å². The largest absolute Gasteiger partial charge is 0.349 e. The van der Waals surface area contributed by atoms with Crippen molar-refractivity contribution in [2.45, 2.75) is 37.8 Å². The summed E-state index contributed by atoms with van der Waals surface area (Å²) in [6.07, 6.45) is 3.27. The van der Waals surface area contributed by atoms with Gasteiger partial charge in [0.1, 0.15) is 12.4 Å². The van der Waals surface area contributed by atoms with Crippen LogP contribution in [0.2, 0.25) is 0 Å². The van der Waals surface area contributed by atoms with E-state index in [1.807, 2.05) is 66.3 Å². The monoisotopic (exact) mass is 396 g/mol. The quantitative estimate of drug-likeness (QED) is 0.568. The lowest BCUT2D eigenvalue weighted by Crippen LogP contribution is -2.26. The average molecular weight is 397 g/mol. The van der Waals surface area contributed by atoms with E-state index >= 15 is 0 Å². The minimum atomic E-state index is -0.137.